The monoisotopic (exact) mass is 313 g/mol. The third kappa shape index (κ3) is 3.20. The Morgan fingerprint density at radius 1 is 1.61 bits per heavy atom. The molecule has 1 amide bonds. The fourth-order valence-electron chi connectivity index (χ4n) is 1.25. The van der Waals surface area contributed by atoms with Crippen molar-refractivity contribution in [1.82, 2.24) is 4.90 Å². The number of nitrogens with zero attached hydrogens (tertiary/aromatic N) is 2. The van der Waals surface area contributed by atoms with Crippen LogP contribution < -0.4 is 5.32 Å². The van der Waals surface area contributed by atoms with Crippen LogP contribution in [-0.4, -0.2) is 30.9 Å². The third-order valence-electron chi connectivity index (χ3n) is 2.53. The van der Waals surface area contributed by atoms with Crippen LogP contribution in [-0.2, 0) is 4.79 Å². The Kier molecular flexibility index (Phi) is 5.10. The van der Waals surface area contributed by atoms with Crippen LogP contribution in [0.2, 0.25) is 0 Å². The van der Waals surface area contributed by atoms with E-state index in [0.717, 1.165) is 0 Å². The van der Waals surface area contributed by atoms with Crippen LogP contribution >= 0.6 is 15.9 Å². The van der Waals surface area contributed by atoms with E-state index in [1.165, 1.54) is 17.0 Å². The highest BCUT2D eigenvalue weighted by atomic mass is 79.9. The Balaban J connectivity index is 2.79. The van der Waals surface area contributed by atoms with Crippen LogP contribution in [0, 0.1) is 17.1 Å². The molecule has 0 saturated heterocycles. The summed E-state index contributed by atoms with van der Waals surface area (Å²) >= 11 is 3.01. The summed E-state index contributed by atoms with van der Waals surface area (Å²) in [7, 11) is 1.68. The molecule has 0 unspecified atom stereocenters. The van der Waals surface area contributed by atoms with Crippen molar-refractivity contribution in [3.63, 3.8) is 0 Å². The molecule has 0 radical (unpaired) electrons. The Hall–Kier alpha value is -1.61. The standard InChI is InChI=1S/C12H13BrFN3O/c1-3-17(2)10(18)7-16-9-5-4-8(6-15)11(13)12(9)14/h4-5,16H,3,7H2,1-2H3. The Bertz CT molecular complexity index is 499. The highest BCUT2D eigenvalue weighted by molar-refractivity contribution is 9.10. The highest BCUT2D eigenvalue weighted by Crippen LogP contribution is 2.26. The Morgan fingerprint density at radius 3 is 2.83 bits per heavy atom. The van der Waals surface area contributed by atoms with Gasteiger partial charge in [0.05, 0.1) is 22.3 Å². The van der Waals surface area contributed by atoms with E-state index >= 15 is 0 Å². The smallest absolute Gasteiger partial charge is 0.241 e. The summed E-state index contributed by atoms with van der Waals surface area (Å²) in [6.07, 6.45) is 0. The maximum absolute atomic E-state index is 13.8. The number of benzene rings is 1. The lowest BCUT2D eigenvalue weighted by atomic mass is 10.2. The van der Waals surface area contributed by atoms with E-state index in [-0.39, 0.29) is 28.2 Å². The molecule has 1 N–H and O–H groups in total. The number of rotatable bonds is 4. The first-order valence-electron chi connectivity index (χ1n) is 5.37. The number of carbonyl (C=O) groups excluding carboxylic acids is 1. The molecule has 0 aromatic heterocycles. The fraction of sp³-hybridized carbons (Fsp3) is 0.333. The van der Waals surface area contributed by atoms with Gasteiger partial charge in [0.15, 0.2) is 5.82 Å². The minimum Gasteiger partial charge on any atom is -0.374 e. The number of nitriles is 1. The van der Waals surface area contributed by atoms with Crippen LogP contribution in [0.25, 0.3) is 0 Å². The molecular weight excluding hydrogens is 301 g/mol. The molecule has 0 aliphatic carbocycles. The SMILES string of the molecule is CCN(C)C(=O)CNc1ccc(C#N)c(Br)c1F. The van der Waals surface area contributed by atoms with Crippen molar-refractivity contribution >= 4 is 27.5 Å². The molecule has 0 atom stereocenters. The van der Waals surface area contributed by atoms with Crippen molar-refractivity contribution < 1.29 is 9.18 Å². The summed E-state index contributed by atoms with van der Waals surface area (Å²) in [6.45, 7) is 2.47. The lowest BCUT2D eigenvalue weighted by Crippen LogP contribution is -2.32. The minimum absolute atomic E-state index is 0.0135. The summed E-state index contributed by atoms with van der Waals surface area (Å²) in [5.41, 5.74) is 0.411. The lowest BCUT2D eigenvalue weighted by Gasteiger charge is -2.15. The molecule has 4 nitrogen and oxygen atoms in total. The van der Waals surface area contributed by atoms with E-state index < -0.39 is 5.82 Å². The van der Waals surface area contributed by atoms with Gasteiger partial charge in [0.2, 0.25) is 5.91 Å². The van der Waals surface area contributed by atoms with Gasteiger partial charge in [-0.05, 0) is 35.0 Å². The first-order chi connectivity index (χ1) is 8.51. The van der Waals surface area contributed by atoms with Gasteiger partial charge in [-0.15, -0.1) is 0 Å². The molecule has 18 heavy (non-hydrogen) atoms. The van der Waals surface area contributed by atoms with Crippen LogP contribution in [0.15, 0.2) is 16.6 Å². The predicted octanol–water partition coefficient (Wildman–Crippen LogP) is 2.35. The number of anilines is 1. The lowest BCUT2D eigenvalue weighted by molar-refractivity contribution is -0.127. The molecule has 0 aliphatic rings. The molecule has 0 spiro atoms. The maximum atomic E-state index is 13.8. The number of hydrogen-bond acceptors (Lipinski definition) is 3. The maximum Gasteiger partial charge on any atom is 0.241 e. The second-order valence-electron chi connectivity index (χ2n) is 3.66. The van der Waals surface area contributed by atoms with Gasteiger partial charge in [-0.3, -0.25) is 4.79 Å². The highest BCUT2D eigenvalue weighted by Gasteiger charge is 2.12. The Labute approximate surface area is 114 Å². The average molecular weight is 314 g/mol. The van der Waals surface area contributed by atoms with Crippen molar-refractivity contribution in [3.05, 3.63) is 28.0 Å². The zero-order valence-electron chi connectivity index (χ0n) is 10.1. The van der Waals surface area contributed by atoms with Gasteiger partial charge in [-0.1, -0.05) is 0 Å². The van der Waals surface area contributed by atoms with Gasteiger partial charge in [-0.2, -0.15) is 5.26 Å². The topological polar surface area (TPSA) is 56.1 Å². The van der Waals surface area contributed by atoms with Crippen molar-refractivity contribution in [3.8, 4) is 6.07 Å². The summed E-state index contributed by atoms with van der Waals surface area (Å²) < 4.78 is 13.9. The van der Waals surface area contributed by atoms with Crippen molar-refractivity contribution in [2.75, 3.05) is 25.5 Å². The van der Waals surface area contributed by atoms with E-state index in [1.807, 2.05) is 13.0 Å². The largest absolute Gasteiger partial charge is 0.374 e. The van der Waals surface area contributed by atoms with Gasteiger partial charge in [0, 0.05) is 13.6 Å². The van der Waals surface area contributed by atoms with Gasteiger partial charge >= 0.3 is 0 Å². The summed E-state index contributed by atoms with van der Waals surface area (Å²) in [6, 6.07) is 4.80. The summed E-state index contributed by atoms with van der Waals surface area (Å²) in [5, 5.41) is 11.4. The number of likely N-dealkylation sites (N-methyl/N-ethyl adjacent to an activating group) is 1. The molecule has 1 aromatic rings. The number of carbonyl (C=O) groups is 1. The number of halogens is 2. The van der Waals surface area contributed by atoms with Gasteiger partial charge in [0.25, 0.3) is 0 Å². The zero-order valence-corrected chi connectivity index (χ0v) is 11.7. The molecule has 6 heteroatoms. The third-order valence-corrected chi connectivity index (χ3v) is 3.31. The molecule has 0 aliphatic heterocycles. The molecular formula is C12H13BrFN3O. The second kappa shape index (κ2) is 6.36. The normalized spacial score (nSPS) is 9.72. The molecule has 0 heterocycles. The van der Waals surface area contributed by atoms with Gasteiger partial charge in [-0.25, -0.2) is 4.39 Å². The van der Waals surface area contributed by atoms with E-state index in [9.17, 15) is 9.18 Å². The number of amides is 1. The molecule has 0 bridgehead atoms. The van der Waals surface area contributed by atoms with E-state index in [2.05, 4.69) is 21.2 Å². The van der Waals surface area contributed by atoms with Gasteiger partial charge in [0.1, 0.15) is 6.07 Å². The zero-order chi connectivity index (χ0) is 13.7. The van der Waals surface area contributed by atoms with Crippen LogP contribution in [0.3, 0.4) is 0 Å². The van der Waals surface area contributed by atoms with Crippen LogP contribution in [0.1, 0.15) is 12.5 Å². The number of nitrogens with one attached hydrogen (secondary N) is 1. The second-order valence-corrected chi connectivity index (χ2v) is 4.45. The molecule has 0 fully saturated rings. The Morgan fingerprint density at radius 2 is 2.28 bits per heavy atom. The summed E-state index contributed by atoms with van der Waals surface area (Å²) in [4.78, 5) is 13.1. The van der Waals surface area contributed by atoms with E-state index in [0.29, 0.717) is 6.54 Å². The number of hydrogen-bond donors (Lipinski definition) is 1. The van der Waals surface area contributed by atoms with Crippen molar-refractivity contribution in [2.45, 2.75) is 6.92 Å². The fourth-order valence-corrected chi connectivity index (χ4v) is 1.69. The van der Waals surface area contributed by atoms with Crippen molar-refractivity contribution in [2.24, 2.45) is 0 Å². The minimum atomic E-state index is -0.569. The van der Waals surface area contributed by atoms with Crippen LogP contribution in [0.4, 0.5) is 10.1 Å². The molecule has 0 saturated carbocycles. The quantitative estimate of drug-likeness (QED) is 0.928. The first kappa shape index (κ1) is 14.5. The average Bonchev–Trinajstić information content (AvgIpc) is 2.39. The summed E-state index contributed by atoms with van der Waals surface area (Å²) in [5.74, 6) is -0.696. The van der Waals surface area contributed by atoms with Crippen molar-refractivity contribution in [1.29, 1.82) is 5.26 Å². The molecule has 96 valence electrons. The molecule has 1 rings (SSSR count). The van der Waals surface area contributed by atoms with E-state index in [4.69, 9.17) is 5.26 Å². The van der Waals surface area contributed by atoms with E-state index in [1.54, 1.807) is 7.05 Å². The first-order valence-corrected chi connectivity index (χ1v) is 6.16. The molecule has 1 aromatic carbocycles. The van der Waals surface area contributed by atoms with Gasteiger partial charge < -0.3 is 10.2 Å². The van der Waals surface area contributed by atoms with Crippen LogP contribution in [0.5, 0.6) is 0 Å². The predicted molar refractivity (Wildman–Crippen MR) is 70.6 cm³/mol.